The lowest BCUT2D eigenvalue weighted by Crippen LogP contribution is -2.51. The predicted octanol–water partition coefficient (Wildman–Crippen LogP) is 2.52. The van der Waals surface area contributed by atoms with Gasteiger partial charge in [-0.3, -0.25) is 14.9 Å². The molecule has 1 amide bonds. The van der Waals surface area contributed by atoms with Gasteiger partial charge in [0.15, 0.2) is 0 Å². The van der Waals surface area contributed by atoms with E-state index >= 15 is 0 Å². The Morgan fingerprint density at radius 3 is 2.77 bits per heavy atom. The van der Waals surface area contributed by atoms with E-state index in [1.807, 2.05) is 0 Å². The smallest absolute Gasteiger partial charge is 0.270 e. The lowest BCUT2D eigenvalue weighted by molar-refractivity contribution is -0.384. The first kappa shape index (κ1) is 18.4. The van der Waals surface area contributed by atoms with Gasteiger partial charge in [-0.2, -0.15) is 0 Å². The molecule has 1 heterocycles. The van der Waals surface area contributed by atoms with E-state index in [0.717, 1.165) is 18.4 Å². The van der Waals surface area contributed by atoms with Crippen molar-refractivity contribution in [1.29, 1.82) is 0 Å². The summed E-state index contributed by atoms with van der Waals surface area (Å²) >= 11 is 0. The summed E-state index contributed by atoms with van der Waals surface area (Å²) in [5, 5.41) is 10.9. The van der Waals surface area contributed by atoms with Crippen LogP contribution in [0.3, 0.4) is 0 Å². The number of rotatable bonds is 3. The number of hydrogen-bond acceptors (Lipinski definition) is 4. The fraction of sp³-hybridized carbons (Fsp3) is 0.533. The molecule has 2 N–H and O–H groups in total. The third-order valence-corrected chi connectivity index (χ3v) is 4.28. The molecule has 1 saturated heterocycles. The second kappa shape index (κ2) is 7.56. The molecule has 1 aromatic rings. The molecule has 1 aliphatic heterocycles. The summed E-state index contributed by atoms with van der Waals surface area (Å²) in [5.41, 5.74) is 6.91. The maximum Gasteiger partial charge on any atom is 0.270 e. The number of piperidine rings is 1. The van der Waals surface area contributed by atoms with E-state index in [4.69, 9.17) is 5.73 Å². The molecule has 2 rings (SSSR count). The van der Waals surface area contributed by atoms with E-state index in [2.05, 4.69) is 6.92 Å². The Labute approximate surface area is 136 Å². The van der Waals surface area contributed by atoms with Crippen LogP contribution in [0.5, 0.6) is 0 Å². The minimum atomic E-state index is -0.477. The Morgan fingerprint density at radius 1 is 1.50 bits per heavy atom. The van der Waals surface area contributed by atoms with Crippen LogP contribution in [-0.4, -0.2) is 34.9 Å². The van der Waals surface area contributed by atoms with Gasteiger partial charge in [-0.1, -0.05) is 13.0 Å². The van der Waals surface area contributed by atoms with Crippen LogP contribution < -0.4 is 5.73 Å². The van der Waals surface area contributed by atoms with Gasteiger partial charge in [0.1, 0.15) is 0 Å². The van der Waals surface area contributed by atoms with Gasteiger partial charge in [-0.25, -0.2) is 0 Å². The third-order valence-electron chi connectivity index (χ3n) is 4.28. The van der Waals surface area contributed by atoms with E-state index < -0.39 is 4.92 Å². The van der Waals surface area contributed by atoms with Crippen molar-refractivity contribution in [3.05, 3.63) is 39.4 Å². The van der Waals surface area contributed by atoms with Crippen LogP contribution in [0, 0.1) is 23.0 Å². The van der Waals surface area contributed by atoms with E-state index in [1.165, 1.54) is 12.1 Å². The number of halogens is 1. The molecule has 0 saturated carbocycles. The molecule has 22 heavy (non-hydrogen) atoms. The molecular weight excluding hydrogens is 306 g/mol. The number of nitrogens with two attached hydrogens (primary N) is 1. The number of carbonyl (C=O) groups is 1. The number of nitrogens with zero attached hydrogens (tertiary/aromatic N) is 2. The molecule has 0 radical (unpaired) electrons. The zero-order chi connectivity index (χ0) is 15.6. The summed E-state index contributed by atoms with van der Waals surface area (Å²) in [6.45, 7) is 4.97. The average Bonchev–Trinajstić information content (AvgIpc) is 2.46. The Balaban J connectivity index is 0.00000242. The van der Waals surface area contributed by atoms with Gasteiger partial charge in [0, 0.05) is 36.8 Å². The van der Waals surface area contributed by atoms with Gasteiger partial charge in [0.2, 0.25) is 0 Å². The molecule has 0 bridgehead atoms. The van der Waals surface area contributed by atoms with E-state index in [0.29, 0.717) is 24.6 Å². The summed E-state index contributed by atoms with van der Waals surface area (Å²) < 4.78 is 0. The Morgan fingerprint density at radius 2 is 2.18 bits per heavy atom. The molecule has 0 aliphatic carbocycles. The molecule has 1 fully saturated rings. The van der Waals surface area contributed by atoms with Crippen LogP contribution in [0.2, 0.25) is 0 Å². The van der Waals surface area contributed by atoms with Crippen molar-refractivity contribution in [2.24, 2.45) is 11.7 Å². The fourth-order valence-electron chi connectivity index (χ4n) is 2.97. The van der Waals surface area contributed by atoms with Crippen LogP contribution in [-0.2, 0) is 0 Å². The van der Waals surface area contributed by atoms with Crippen LogP contribution in [0.15, 0.2) is 18.2 Å². The molecule has 1 aromatic carbocycles. The first-order chi connectivity index (χ1) is 9.95. The van der Waals surface area contributed by atoms with Crippen molar-refractivity contribution >= 4 is 24.0 Å². The van der Waals surface area contributed by atoms with E-state index in [-0.39, 0.29) is 30.0 Å². The minimum Gasteiger partial charge on any atom is -0.334 e. The van der Waals surface area contributed by atoms with Gasteiger partial charge >= 0.3 is 0 Å². The SMILES string of the molecule is Cc1ccc([N+](=O)[O-])cc1C(=O)N1CCCC(C)C1CN.Cl. The maximum absolute atomic E-state index is 12.8. The first-order valence-corrected chi connectivity index (χ1v) is 7.21. The van der Waals surface area contributed by atoms with Crippen LogP contribution in [0.25, 0.3) is 0 Å². The van der Waals surface area contributed by atoms with Gasteiger partial charge < -0.3 is 10.6 Å². The highest BCUT2D eigenvalue weighted by Gasteiger charge is 2.32. The van der Waals surface area contributed by atoms with Crippen molar-refractivity contribution < 1.29 is 9.72 Å². The summed E-state index contributed by atoms with van der Waals surface area (Å²) in [5.74, 6) is 0.199. The van der Waals surface area contributed by atoms with E-state index in [9.17, 15) is 14.9 Å². The number of benzene rings is 1. The lowest BCUT2D eigenvalue weighted by Gasteiger charge is -2.39. The minimum absolute atomic E-state index is 0. The number of non-ortho nitro benzene ring substituents is 1. The highest BCUT2D eigenvalue weighted by Crippen LogP contribution is 2.26. The molecule has 2 unspecified atom stereocenters. The number of aryl methyl sites for hydroxylation is 1. The zero-order valence-electron chi connectivity index (χ0n) is 12.8. The maximum atomic E-state index is 12.8. The van der Waals surface area contributed by atoms with Crippen molar-refractivity contribution in [3.63, 3.8) is 0 Å². The number of nitro benzene ring substituents is 1. The van der Waals surface area contributed by atoms with Crippen molar-refractivity contribution in [2.45, 2.75) is 32.7 Å². The third kappa shape index (κ3) is 3.56. The standard InChI is InChI=1S/C15H21N3O3.ClH/c1-10-5-6-12(18(20)21)8-13(10)15(19)17-7-3-4-11(2)14(17)9-16;/h5-6,8,11,14H,3-4,7,9,16H2,1-2H3;1H. The number of carbonyl (C=O) groups excluding carboxylic acids is 1. The van der Waals surface area contributed by atoms with E-state index in [1.54, 1.807) is 17.9 Å². The van der Waals surface area contributed by atoms with Crippen LogP contribution in [0.1, 0.15) is 35.7 Å². The topological polar surface area (TPSA) is 89.5 Å². The summed E-state index contributed by atoms with van der Waals surface area (Å²) in [6, 6.07) is 4.41. The van der Waals surface area contributed by atoms with Gasteiger partial charge in [-0.15, -0.1) is 12.4 Å². The highest BCUT2D eigenvalue weighted by atomic mass is 35.5. The molecule has 2 atom stereocenters. The average molecular weight is 328 g/mol. The Kier molecular flexibility index (Phi) is 6.32. The number of nitro groups is 1. The predicted molar refractivity (Wildman–Crippen MR) is 87.4 cm³/mol. The van der Waals surface area contributed by atoms with Crippen molar-refractivity contribution in [1.82, 2.24) is 4.90 Å². The lowest BCUT2D eigenvalue weighted by atomic mass is 9.90. The molecule has 6 nitrogen and oxygen atoms in total. The Hall–Kier alpha value is -1.66. The highest BCUT2D eigenvalue weighted by molar-refractivity contribution is 5.96. The van der Waals surface area contributed by atoms with Gasteiger partial charge in [0.25, 0.3) is 11.6 Å². The van der Waals surface area contributed by atoms with Gasteiger partial charge in [0.05, 0.1) is 4.92 Å². The molecular formula is C15H22ClN3O3. The molecule has 0 aromatic heterocycles. The normalized spacial score (nSPS) is 21.1. The zero-order valence-corrected chi connectivity index (χ0v) is 13.6. The molecule has 7 heteroatoms. The number of likely N-dealkylation sites (tertiary alicyclic amines) is 1. The summed E-state index contributed by atoms with van der Waals surface area (Å²) in [7, 11) is 0. The first-order valence-electron chi connectivity index (χ1n) is 7.21. The number of amides is 1. The fourth-order valence-corrected chi connectivity index (χ4v) is 2.97. The second-order valence-corrected chi connectivity index (χ2v) is 5.68. The molecule has 0 spiro atoms. The Bertz CT molecular complexity index is 565. The largest absolute Gasteiger partial charge is 0.334 e. The quantitative estimate of drug-likeness (QED) is 0.682. The second-order valence-electron chi connectivity index (χ2n) is 5.68. The van der Waals surface area contributed by atoms with Crippen molar-refractivity contribution in [2.75, 3.05) is 13.1 Å². The molecule has 1 aliphatic rings. The van der Waals surface area contributed by atoms with Gasteiger partial charge in [-0.05, 0) is 31.2 Å². The monoisotopic (exact) mass is 327 g/mol. The van der Waals surface area contributed by atoms with Crippen LogP contribution >= 0.6 is 12.4 Å². The number of hydrogen-bond donors (Lipinski definition) is 1. The summed E-state index contributed by atoms with van der Waals surface area (Å²) in [4.78, 5) is 25.0. The van der Waals surface area contributed by atoms with Crippen LogP contribution in [0.4, 0.5) is 5.69 Å². The molecule has 122 valence electrons. The summed E-state index contributed by atoms with van der Waals surface area (Å²) in [6.07, 6.45) is 2.00. The van der Waals surface area contributed by atoms with Crippen molar-refractivity contribution in [3.8, 4) is 0 Å².